The van der Waals surface area contributed by atoms with Gasteiger partial charge in [0.25, 0.3) is 0 Å². The lowest BCUT2D eigenvalue weighted by Crippen LogP contribution is -2.65. The topological polar surface area (TPSA) is 44.8 Å². The second kappa shape index (κ2) is 15.2. The van der Waals surface area contributed by atoms with Gasteiger partial charge in [-0.3, -0.25) is 4.79 Å². The summed E-state index contributed by atoms with van der Waals surface area (Å²) in [5.74, 6) is 0.317. The van der Waals surface area contributed by atoms with Crippen LogP contribution in [0.1, 0.15) is 145 Å². The molecular formula is C31H58O4Si. The number of fused-ring (bicyclic) bond motifs is 1. The highest BCUT2D eigenvalue weighted by Gasteiger charge is 2.62. The molecule has 2 aliphatic rings. The van der Waals surface area contributed by atoms with Crippen LogP contribution in [0.5, 0.6) is 0 Å². The molecule has 2 heterocycles. The van der Waals surface area contributed by atoms with Gasteiger partial charge in [-0.1, -0.05) is 138 Å². The van der Waals surface area contributed by atoms with Crippen molar-refractivity contribution < 1.29 is 18.4 Å². The van der Waals surface area contributed by atoms with Crippen molar-refractivity contribution in [1.82, 2.24) is 0 Å². The summed E-state index contributed by atoms with van der Waals surface area (Å²) < 4.78 is 19.5. The number of unbranched alkanes of at least 4 members (excludes halogenated alkanes) is 12. The van der Waals surface area contributed by atoms with Crippen LogP contribution in [0.2, 0.25) is 10.1 Å². The fraction of sp³-hybridized carbons (Fsp3) is 0.903. The minimum atomic E-state index is -2.49. The van der Waals surface area contributed by atoms with E-state index in [-0.39, 0.29) is 28.4 Å². The average molecular weight is 523 g/mol. The molecule has 0 spiro atoms. The van der Waals surface area contributed by atoms with E-state index in [0.29, 0.717) is 25.2 Å². The Balaban J connectivity index is 1.59. The van der Waals surface area contributed by atoms with E-state index in [2.05, 4.69) is 60.6 Å². The van der Waals surface area contributed by atoms with E-state index in [4.69, 9.17) is 13.6 Å². The molecule has 0 saturated carbocycles. The van der Waals surface area contributed by atoms with Crippen LogP contribution in [0.4, 0.5) is 0 Å². The number of ether oxygens (including phenoxy) is 1. The van der Waals surface area contributed by atoms with E-state index in [1.54, 1.807) is 0 Å². The molecule has 0 amide bonds. The van der Waals surface area contributed by atoms with E-state index < -0.39 is 8.56 Å². The minimum Gasteiger partial charge on any atom is -0.391 e. The number of carbonyl (C=O) groups excluding carboxylic acids is 1. The van der Waals surface area contributed by atoms with Crippen molar-refractivity contribution in [2.45, 2.75) is 173 Å². The monoisotopic (exact) mass is 522 g/mol. The van der Waals surface area contributed by atoms with Gasteiger partial charge in [-0.2, -0.15) is 0 Å². The number of ketones is 1. The van der Waals surface area contributed by atoms with Crippen molar-refractivity contribution in [3.05, 3.63) is 12.2 Å². The Labute approximate surface area is 224 Å². The molecule has 5 heteroatoms. The van der Waals surface area contributed by atoms with E-state index in [1.165, 1.54) is 77.0 Å². The molecule has 2 rings (SSSR count). The lowest BCUT2D eigenvalue weighted by molar-refractivity contribution is -0.132. The maximum absolute atomic E-state index is 12.6. The highest BCUT2D eigenvalue weighted by molar-refractivity contribution is 6.73. The molecule has 1 fully saturated rings. The normalized spacial score (nSPS) is 24.0. The predicted molar refractivity (Wildman–Crippen MR) is 154 cm³/mol. The highest BCUT2D eigenvalue weighted by atomic mass is 28.4. The van der Waals surface area contributed by atoms with Crippen molar-refractivity contribution in [3.8, 4) is 0 Å². The molecule has 0 N–H and O–H groups in total. The zero-order valence-corrected chi connectivity index (χ0v) is 25.8. The lowest BCUT2D eigenvalue weighted by atomic mass is 10.0. The largest absolute Gasteiger partial charge is 0.391 e. The van der Waals surface area contributed by atoms with Crippen LogP contribution in [0.3, 0.4) is 0 Å². The second-order valence-electron chi connectivity index (χ2n) is 13.3. The van der Waals surface area contributed by atoms with Gasteiger partial charge in [-0.15, -0.1) is 0 Å². The van der Waals surface area contributed by atoms with Gasteiger partial charge in [0, 0.05) is 22.9 Å². The maximum Gasteiger partial charge on any atom is 0.349 e. The predicted octanol–water partition coefficient (Wildman–Crippen LogP) is 9.21. The molecule has 210 valence electrons. The molecule has 0 unspecified atom stereocenters. The Morgan fingerprint density at radius 1 is 0.778 bits per heavy atom. The van der Waals surface area contributed by atoms with Gasteiger partial charge < -0.3 is 13.6 Å². The molecular weight excluding hydrogens is 464 g/mol. The van der Waals surface area contributed by atoms with Crippen molar-refractivity contribution in [2.75, 3.05) is 6.61 Å². The summed E-state index contributed by atoms with van der Waals surface area (Å²) in [6.45, 7) is 16.2. The van der Waals surface area contributed by atoms with Crippen LogP contribution in [-0.4, -0.2) is 39.3 Å². The third-order valence-electron chi connectivity index (χ3n) is 7.95. The summed E-state index contributed by atoms with van der Waals surface area (Å²) in [4.78, 5) is 12.6. The van der Waals surface area contributed by atoms with Crippen molar-refractivity contribution in [3.63, 3.8) is 0 Å². The van der Waals surface area contributed by atoms with Crippen molar-refractivity contribution in [2.24, 2.45) is 0 Å². The van der Waals surface area contributed by atoms with Crippen LogP contribution in [-0.2, 0) is 18.4 Å². The summed E-state index contributed by atoms with van der Waals surface area (Å²) in [6.07, 6.45) is 22.3. The molecule has 0 aliphatic carbocycles. The number of hydrogen-bond acceptors (Lipinski definition) is 4. The van der Waals surface area contributed by atoms with Gasteiger partial charge in [0.15, 0.2) is 0 Å². The molecule has 0 aromatic rings. The van der Waals surface area contributed by atoms with Gasteiger partial charge in [-0.05, 0) is 6.42 Å². The average Bonchev–Trinajstić information content (AvgIpc) is 2.80. The van der Waals surface area contributed by atoms with Gasteiger partial charge >= 0.3 is 8.56 Å². The van der Waals surface area contributed by atoms with E-state index >= 15 is 0 Å². The quantitative estimate of drug-likeness (QED) is 0.115. The fourth-order valence-corrected chi connectivity index (χ4v) is 11.0. The molecule has 0 bridgehead atoms. The third kappa shape index (κ3) is 9.67. The smallest absolute Gasteiger partial charge is 0.349 e. The van der Waals surface area contributed by atoms with Gasteiger partial charge in [0.1, 0.15) is 11.9 Å². The van der Waals surface area contributed by atoms with E-state index in [1.807, 2.05) is 0 Å². The molecule has 36 heavy (non-hydrogen) atoms. The number of hydrogen-bond donors (Lipinski definition) is 0. The number of Topliss-reactive ketones (excluding diaryl/α,β-unsaturated/α-hetero) is 1. The zero-order chi connectivity index (χ0) is 26.7. The minimum absolute atomic E-state index is 0.0369. The van der Waals surface area contributed by atoms with Crippen LogP contribution in [0.25, 0.3) is 0 Å². The molecule has 0 aromatic heterocycles. The first-order valence-electron chi connectivity index (χ1n) is 15.2. The molecule has 1 saturated heterocycles. The van der Waals surface area contributed by atoms with Crippen LogP contribution in [0, 0.1) is 0 Å². The SMILES string of the molecule is CCCCCCCCCCCCCCCC(=O)C[C@@H]1C=C[C@@H]2O[Si](C(C)(C)C)(C(C)(C)C)OC[C@H]2O1. The number of rotatable bonds is 16. The first kappa shape index (κ1) is 31.7. The highest BCUT2D eigenvalue weighted by Crippen LogP contribution is 2.54. The van der Waals surface area contributed by atoms with Crippen molar-refractivity contribution in [1.29, 1.82) is 0 Å². The number of carbonyl (C=O) groups is 1. The Morgan fingerprint density at radius 3 is 1.78 bits per heavy atom. The third-order valence-corrected chi connectivity index (χ3v) is 13.1. The summed E-state index contributed by atoms with van der Waals surface area (Å²) in [5.41, 5.74) is 0. The van der Waals surface area contributed by atoms with Gasteiger partial charge in [-0.25, -0.2) is 0 Å². The Kier molecular flexibility index (Phi) is 13.4. The standard InChI is InChI=1S/C31H58O4Si/c1-8-9-10-11-12-13-14-15-16-17-18-19-20-21-26(32)24-27-22-23-28-29(34-27)25-33-36(35-28,30(2,3)4)31(5,6)7/h22-23,27-29H,8-21,24-25H2,1-7H3/t27-,28-,29+/m0/s1. The van der Waals surface area contributed by atoms with Crippen LogP contribution < -0.4 is 0 Å². The lowest BCUT2D eigenvalue weighted by Gasteiger charge is -2.55. The molecule has 0 radical (unpaired) electrons. The first-order chi connectivity index (χ1) is 17.0. The summed E-state index contributed by atoms with van der Waals surface area (Å²) in [5, 5.41) is -0.0739. The zero-order valence-electron chi connectivity index (χ0n) is 24.8. The van der Waals surface area contributed by atoms with Gasteiger partial charge in [0.05, 0.1) is 18.8 Å². The summed E-state index contributed by atoms with van der Waals surface area (Å²) in [6, 6.07) is 0. The summed E-state index contributed by atoms with van der Waals surface area (Å²) >= 11 is 0. The van der Waals surface area contributed by atoms with E-state index in [9.17, 15) is 4.79 Å². The van der Waals surface area contributed by atoms with Crippen LogP contribution >= 0.6 is 0 Å². The van der Waals surface area contributed by atoms with Crippen molar-refractivity contribution >= 4 is 14.3 Å². The van der Waals surface area contributed by atoms with Gasteiger partial charge in [0.2, 0.25) is 0 Å². The molecule has 0 aromatic carbocycles. The maximum atomic E-state index is 12.6. The Morgan fingerprint density at radius 2 is 1.28 bits per heavy atom. The van der Waals surface area contributed by atoms with E-state index in [0.717, 1.165) is 6.42 Å². The van der Waals surface area contributed by atoms with Crippen LogP contribution in [0.15, 0.2) is 12.2 Å². The molecule has 3 atom stereocenters. The fourth-order valence-electron chi connectivity index (χ4n) is 6.07. The first-order valence-corrected chi connectivity index (χ1v) is 17.0. The second-order valence-corrected chi connectivity index (χ2v) is 18.1. The molecule has 4 nitrogen and oxygen atoms in total. The summed E-state index contributed by atoms with van der Waals surface area (Å²) in [7, 11) is -2.49. The molecule has 2 aliphatic heterocycles. The Hall–Kier alpha value is -0.493. The Bertz CT molecular complexity index is 646.